The number of hydrogen-bond donors (Lipinski definition) is 1. The summed E-state index contributed by atoms with van der Waals surface area (Å²) >= 11 is 0. The molecule has 6 heteroatoms. The number of aromatic nitrogens is 3. The van der Waals surface area contributed by atoms with Gasteiger partial charge in [0.25, 0.3) is 0 Å². The first-order valence-electron chi connectivity index (χ1n) is 12.1. The van der Waals surface area contributed by atoms with Crippen molar-refractivity contribution >= 4 is 17.0 Å². The Labute approximate surface area is 197 Å². The molecule has 0 aliphatic rings. The van der Waals surface area contributed by atoms with Crippen molar-refractivity contribution in [3.8, 4) is 11.4 Å². The SMILES string of the molecule is CCCCCCCCOC(=O)CCc1ccc(-n2nc3ccccc3n2)c(O)c1C(C)(C)C. The van der Waals surface area contributed by atoms with E-state index >= 15 is 0 Å². The highest BCUT2D eigenvalue weighted by Gasteiger charge is 2.26. The van der Waals surface area contributed by atoms with Gasteiger partial charge in [0.05, 0.1) is 6.61 Å². The van der Waals surface area contributed by atoms with Crippen molar-refractivity contribution in [3.05, 3.63) is 47.5 Å². The van der Waals surface area contributed by atoms with Gasteiger partial charge < -0.3 is 9.84 Å². The fourth-order valence-electron chi connectivity index (χ4n) is 4.17. The van der Waals surface area contributed by atoms with Crippen LogP contribution in [0, 0.1) is 0 Å². The standard InChI is InChI=1S/C27H37N3O3/c1-5-6-7-8-9-12-19-33-24(31)18-16-20-15-17-23(26(32)25(20)27(2,3)4)30-28-21-13-10-11-14-22(21)29-30/h10-11,13-15,17,32H,5-9,12,16,18-19H2,1-4H3. The Balaban J connectivity index is 1.67. The monoisotopic (exact) mass is 451 g/mol. The Kier molecular flexibility index (Phi) is 8.48. The number of benzene rings is 2. The van der Waals surface area contributed by atoms with Gasteiger partial charge >= 0.3 is 5.97 Å². The van der Waals surface area contributed by atoms with Crippen molar-refractivity contribution in [1.29, 1.82) is 0 Å². The summed E-state index contributed by atoms with van der Waals surface area (Å²) in [7, 11) is 0. The zero-order valence-corrected chi connectivity index (χ0v) is 20.4. The maximum atomic E-state index is 12.3. The fourth-order valence-corrected chi connectivity index (χ4v) is 4.17. The van der Waals surface area contributed by atoms with E-state index in [1.165, 1.54) is 30.5 Å². The molecule has 0 saturated heterocycles. The number of hydrogen-bond acceptors (Lipinski definition) is 5. The maximum Gasteiger partial charge on any atom is 0.306 e. The summed E-state index contributed by atoms with van der Waals surface area (Å²) in [5, 5.41) is 20.2. The Morgan fingerprint density at radius 2 is 1.61 bits per heavy atom. The number of unbranched alkanes of at least 4 members (excludes halogenated alkanes) is 5. The molecule has 1 N–H and O–H groups in total. The van der Waals surface area contributed by atoms with Crippen LogP contribution in [0.1, 0.15) is 83.8 Å². The van der Waals surface area contributed by atoms with E-state index in [0.29, 0.717) is 25.1 Å². The molecule has 178 valence electrons. The summed E-state index contributed by atoms with van der Waals surface area (Å²) in [4.78, 5) is 13.8. The number of fused-ring (bicyclic) bond motifs is 1. The second-order valence-corrected chi connectivity index (χ2v) is 9.68. The fraction of sp³-hybridized carbons (Fsp3) is 0.519. The van der Waals surface area contributed by atoms with Gasteiger partial charge in [0.2, 0.25) is 0 Å². The van der Waals surface area contributed by atoms with E-state index < -0.39 is 0 Å². The molecule has 6 nitrogen and oxygen atoms in total. The maximum absolute atomic E-state index is 12.3. The van der Waals surface area contributed by atoms with E-state index in [1.807, 2.05) is 36.4 Å². The molecule has 0 saturated carbocycles. The third-order valence-corrected chi connectivity index (χ3v) is 5.85. The third kappa shape index (κ3) is 6.56. The van der Waals surface area contributed by atoms with Gasteiger partial charge in [0.1, 0.15) is 22.5 Å². The lowest BCUT2D eigenvalue weighted by Gasteiger charge is -2.25. The molecule has 0 fully saturated rings. The van der Waals surface area contributed by atoms with E-state index in [4.69, 9.17) is 4.74 Å². The first-order chi connectivity index (χ1) is 15.8. The largest absolute Gasteiger partial charge is 0.505 e. The Morgan fingerprint density at radius 1 is 0.970 bits per heavy atom. The van der Waals surface area contributed by atoms with Gasteiger partial charge in [-0.15, -0.1) is 15.0 Å². The minimum Gasteiger partial charge on any atom is -0.505 e. The molecule has 0 radical (unpaired) electrons. The lowest BCUT2D eigenvalue weighted by atomic mass is 9.81. The van der Waals surface area contributed by atoms with Gasteiger partial charge in [-0.1, -0.05) is 78.0 Å². The molecule has 0 atom stereocenters. The number of rotatable bonds is 11. The number of aryl methyl sites for hydroxylation is 1. The van der Waals surface area contributed by atoms with Crippen molar-refractivity contribution in [2.24, 2.45) is 0 Å². The molecular weight excluding hydrogens is 414 g/mol. The van der Waals surface area contributed by atoms with Gasteiger partial charge in [0.15, 0.2) is 0 Å². The van der Waals surface area contributed by atoms with Gasteiger partial charge in [-0.05, 0) is 42.0 Å². The molecular formula is C27H37N3O3. The quantitative estimate of drug-likeness (QED) is 0.275. The normalized spacial score (nSPS) is 11.8. The minimum absolute atomic E-state index is 0.153. The van der Waals surface area contributed by atoms with Crippen molar-refractivity contribution in [3.63, 3.8) is 0 Å². The number of carbonyl (C=O) groups is 1. The summed E-state index contributed by atoms with van der Waals surface area (Å²) in [6, 6.07) is 11.4. The number of carbonyl (C=O) groups excluding carboxylic acids is 1. The molecule has 33 heavy (non-hydrogen) atoms. The van der Waals surface area contributed by atoms with Gasteiger partial charge in [-0.2, -0.15) is 0 Å². The van der Waals surface area contributed by atoms with E-state index in [-0.39, 0.29) is 17.1 Å². The molecule has 1 aromatic heterocycles. The smallest absolute Gasteiger partial charge is 0.306 e. The van der Waals surface area contributed by atoms with Crippen molar-refractivity contribution in [2.45, 2.75) is 84.5 Å². The molecule has 3 aromatic rings. The average Bonchev–Trinajstić information content (AvgIpc) is 3.20. The number of esters is 1. The van der Waals surface area contributed by atoms with Crippen LogP contribution in [0.2, 0.25) is 0 Å². The summed E-state index contributed by atoms with van der Waals surface area (Å²) < 4.78 is 5.43. The van der Waals surface area contributed by atoms with Gasteiger partial charge in [0, 0.05) is 12.0 Å². The van der Waals surface area contributed by atoms with Crippen LogP contribution in [-0.4, -0.2) is 32.7 Å². The Hall–Kier alpha value is -2.89. The predicted molar refractivity (Wildman–Crippen MR) is 132 cm³/mol. The molecule has 0 unspecified atom stereocenters. The van der Waals surface area contributed by atoms with Crippen LogP contribution in [0.15, 0.2) is 36.4 Å². The molecule has 0 aliphatic carbocycles. The average molecular weight is 452 g/mol. The molecule has 1 heterocycles. The molecule has 0 spiro atoms. The third-order valence-electron chi connectivity index (χ3n) is 5.85. The number of nitrogens with zero attached hydrogens (tertiary/aromatic N) is 3. The first kappa shape index (κ1) is 24.7. The van der Waals surface area contributed by atoms with E-state index in [2.05, 4.69) is 37.9 Å². The Morgan fingerprint density at radius 3 is 2.24 bits per heavy atom. The second-order valence-electron chi connectivity index (χ2n) is 9.68. The van der Waals surface area contributed by atoms with Crippen LogP contribution in [0.25, 0.3) is 16.7 Å². The minimum atomic E-state index is -0.315. The van der Waals surface area contributed by atoms with Crippen LogP contribution in [-0.2, 0) is 21.4 Å². The van der Waals surface area contributed by atoms with Crippen LogP contribution in [0.5, 0.6) is 5.75 Å². The van der Waals surface area contributed by atoms with Gasteiger partial charge in [-0.3, -0.25) is 4.79 Å². The summed E-state index contributed by atoms with van der Waals surface area (Å²) in [5.74, 6) is -0.0345. The summed E-state index contributed by atoms with van der Waals surface area (Å²) in [5.41, 5.74) is 3.51. The lowest BCUT2D eigenvalue weighted by Crippen LogP contribution is -2.17. The highest BCUT2D eigenvalue weighted by molar-refractivity contribution is 5.74. The molecule has 0 bridgehead atoms. The van der Waals surface area contributed by atoms with Crippen molar-refractivity contribution in [2.75, 3.05) is 6.61 Å². The summed E-state index contributed by atoms with van der Waals surface area (Å²) in [6.07, 6.45) is 7.80. The van der Waals surface area contributed by atoms with Crippen molar-refractivity contribution < 1.29 is 14.6 Å². The van der Waals surface area contributed by atoms with Crippen LogP contribution in [0.3, 0.4) is 0 Å². The van der Waals surface area contributed by atoms with Crippen LogP contribution >= 0.6 is 0 Å². The number of phenolic OH excluding ortho intramolecular Hbond substituents is 1. The topological polar surface area (TPSA) is 77.2 Å². The highest BCUT2D eigenvalue weighted by atomic mass is 16.5. The zero-order valence-electron chi connectivity index (χ0n) is 20.4. The van der Waals surface area contributed by atoms with E-state index in [1.54, 1.807) is 0 Å². The molecule has 2 aromatic carbocycles. The second kappa shape index (κ2) is 11.3. The van der Waals surface area contributed by atoms with Crippen molar-refractivity contribution in [1.82, 2.24) is 15.0 Å². The Bertz CT molecular complexity index is 1030. The first-order valence-corrected chi connectivity index (χ1v) is 12.1. The summed E-state index contributed by atoms with van der Waals surface area (Å²) in [6.45, 7) is 8.85. The van der Waals surface area contributed by atoms with E-state index in [9.17, 15) is 9.90 Å². The lowest BCUT2D eigenvalue weighted by molar-refractivity contribution is -0.143. The number of ether oxygens (including phenoxy) is 1. The predicted octanol–water partition coefficient (Wildman–Crippen LogP) is 6.26. The van der Waals surface area contributed by atoms with Crippen LogP contribution < -0.4 is 0 Å². The van der Waals surface area contributed by atoms with E-state index in [0.717, 1.165) is 35.0 Å². The highest BCUT2D eigenvalue weighted by Crippen LogP contribution is 2.38. The zero-order chi connectivity index (χ0) is 23.8. The number of phenols is 1. The van der Waals surface area contributed by atoms with Gasteiger partial charge in [-0.25, -0.2) is 0 Å². The molecule has 3 rings (SSSR count). The van der Waals surface area contributed by atoms with Crippen LogP contribution in [0.4, 0.5) is 0 Å². The number of aromatic hydroxyl groups is 1. The molecule has 0 amide bonds. The molecule has 0 aliphatic heterocycles.